The average Bonchev–Trinajstić information content (AvgIpc) is 2.67. The van der Waals surface area contributed by atoms with Gasteiger partial charge in [-0.05, 0) is 36.4 Å². The van der Waals surface area contributed by atoms with E-state index in [0.717, 1.165) is 18.5 Å². The van der Waals surface area contributed by atoms with Gasteiger partial charge in [-0.1, -0.05) is 45.9 Å². The minimum absolute atomic E-state index is 0.125. The zero-order valence-corrected chi connectivity index (χ0v) is 14.3. The first-order valence-corrected chi connectivity index (χ1v) is 9.51. The van der Waals surface area contributed by atoms with Crippen LogP contribution in [-0.4, -0.2) is 26.8 Å². The third kappa shape index (κ3) is 3.86. The smallest absolute Gasteiger partial charge is 0.179 e. The standard InChI is InChI=1S/C17H27NO2S/c1-12(2)9-14(10-18-13(3)4)16-11-21(19,20)17-8-6-5-7-15(16)17/h5-8,12-14,16,18H,9-11H2,1-4H3. The molecular formula is C17H27NO2S. The molecule has 0 aromatic heterocycles. The molecule has 1 aromatic rings. The van der Waals surface area contributed by atoms with Gasteiger partial charge in [0.2, 0.25) is 0 Å². The number of fused-ring (bicyclic) bond motifs is 1. The highest BCUT2D eigenvalue weighted by molar-refractivity contribution is 7.91. The molecule has 0 fully saturated rings. The number of benzene rings is 1. The van der Waals surface area contributed by atoms with E-state index in [9.17, 15) is 8.42 Å². The van der Waals surface area contributed by atoms with Crippen LogP contribution in [0.1, 0.15) is 45.6 Å². The fourth-order valence-corrected chi connectivity index (χ4v) is 5.23. The minimum atomic E-state index is -3.10. The highest BCUT2D eigenvalue weighted by Crippen LogP contribution is 2.41. The molecule has 0 aliphatic carbocycles. The van der Waals surface area contributed by atoms with Crippen molar-refractivity contribution in [3.8, 4) is 0 Å². The SMILES string of the molecule is CC(C)CC(CNC(C)C)C1CS(=O)(=O)c2ccccc21. The average molecular weight is 309 g/mol. The molecule has 1 aliphatic rings. The van der Waals surface area contributed by atoms with E-state index in [1.165, 1.54) is 0 Å². The van der Waals surface area contributed by atoms with E-state index in [2.05, 4.69) is 33.0 Å². The van der Waals surface area contributed by atoms with Gasteiger partial charge in [0, 0.05) is 12.0 Å². The van der Waals surface area contributed by atoms with Gasteiger partial charge < -0.3 is 5.32 Å². The van der Waals surface area contributed by atoms with Crippen LogP contribution in [0.3, 0.4) is 0 Å². The predicted molar refractivity (Wildman–Crippen MR) is 87.3 cm³/mol. The van der Waals surface area contributed by atoms with Gasteiger partial charge in [-0.3, -0.25) is 0 Å². The number of hydrogen-bond donors (Lipinski definition) is 1. The van der Waals surface area contributed by atoms with E-state index in [-0.39, 0.29) is 11.7 Å². The Morgan fingerprint density at radius 2 is 1.86 bits per heavy atom. The van der Waals surface area contributed by atoms with E-state index in [1.54, 1.807) is 6.07 Å². The molecule has 4 heteroatoms. The lowest BCUT2D eigenvalue weighted by Gasteiger charge is -2.26. The second-order valence-electron chi connectivity index (χ2n) is 6.88. The molecule has 1 heterocycles. The van der Waals surface area contributed by atoms with Crippen molar-refractivity contribution < 1.29 is 8.42 Å². The molecule has 3 nitrogen and oxygen atoms in total. The lowest BCUT2D eigenvalue weighted by atomic mass is 9.82. The molecule has 1 aromatic carbocycles. The van der Waals surface area contributed by atoms with Crippen LogP contribution in [-0.2, 0) is 9.84 Å². The maximum Gasteiger partial charge on any atom is 0.179 e. The van der Waals surface area contributed by atoms with Crippen LogP contribution < -0.4 is 5.32 Å². The summed E-state index contributed by atoms with van der Waals surface area (Å²) in [5.41, 5.74) is 1.02. The van der Waals surface area contributed by atoms with E-state index >= 15 is 0 Å². The minimum Gasteiger partial charge on any atom is -0.314 e. The second-order valence-corrected chi connectivity index (χ2v) is 8.88. The van der Waals surface area contributed by atoms with Gasteiger partial charge in [0.15, 0.2) is 9.84 Å². The van der Waals surface area contributed by atoms with Crippen molar-refractivity contribution in [1.82, 2.24) is 5.32 Å². The Balaban J connectivity index is 2.29. The summed E-state index contributed by atoms with van der Waals surface area (Å²) in [6, 6.07) is 7.95. The summed E-state index contributed by atoms with van der Waals surface area (Å²) in [7, 11) is -3.10. The maximum absolute atomic E-state index is 12.4. The molecule has 21 heavy (non-hydrogen) atoms. The third-order valence-corrected chi connectivity index (χ3v) is 6.02. The van der Waals surface area contributed by atoms with E-state index in [0.29, 0.717) is 22.8 Å². The highest BCUT2D eigenvalue weighted by atomic mass is 32.2. The van der Waals surface area contributed by atoms with Gasteiger partial charge in [0.05, 0.1) is 10.6 Å². The number of hydrogen-bond acceptors (Lipinski definition) is 3. The normalized spacial score (nSPS) is 21.7. The van der Waals surface area contributed by atoms with Crippen molar-refractivity contribution in [2.45, 2.75) is 51.0 Å². The largest absolute Gasteiger partial charge is 0.314 e. The summed E-state index contributed by atoms with van der Waals surface area (Å²) < 4.78 is 24.7. The molecule has 0 saturated heterocycles. The maximum atomic E-state index is 12.4. The quantitative estimate of drug-likeness (QED) is 0.877. The van der Waals surface area contributed by atoms with Crippen molar-refractivity contribution in [2.75, 3.05) is 12.3 Å². The van der Waals surface area contributed by atoms with Crippen molar-refractivity contribution in [2.24, 2.45) is 11.8 Å². The molecule has 0 saturated carbocycles. The molecule has 1 N–H and O–H groups in total. The summed E-state index contributed by atoms with van der Waals surface area (Å²) in [5, 5.41) is 3.49. The van der Waals surface area contributed by atoms with Crippen LogP contribution in [0.5, 0.6) is 0 Å². The Bertz CT molecular complexity index is 578. The van der Waals surface area contributed by atoms with Crippen LogP contribution in [0.2, 0.25) is 0 Å². The van der Waals surface area contributed by atoms with Gasteiger partial charge in [-0.15, -0.1) is 0 Å². The first-order valence-electron chi connectivity index (χ1n) is 7.86. The molecule has 1 aliphatic heterocycles. The van der Waals surface area contributed by atoms with E-state index in [1.807, 2.05) is 18.2 Å². The van der Waals surface area contributed by atoms with Gasteiger partial charge in [0.1, 0.15) is 0 Å². The molecule has 2 atom stereocenters. The van der Waals surface area contributed by atoms with Crippen molar-refractivity contribution in [3.63, 3.8) is 0 Å². The molecule has 2 rings (SSSR count). The lowest BCUT2D eigenvalue weighted by Crippen LogP contribution is -2.33. The summed E-state index contributed by atoms with van der Waals surface area (Å²) in [5.74, 6) is 1.33. The highest BCUT2D eigenvalue weighted by Gasteiger charge is 2.38. The molecule has 0 spiro atoms. The van der Waals surface area contributed by atoms with E-state index in [4.69, 9.17) is 0 Å². The van der Waals surface area contributed by atoms with Crippen LogP contribution >= 0.6 is 0 Å². The number of rotatable bonds is 6. The first-order chi connectivity index (χ1) is 9.81. The van der Waals surface area contributed by atoms with Crippen molar-refractivity contribution in [1.29, 1.82) is 0 Å². The Morgan fingerprint density at radius 3 is 2.48 bits per heavy atom. The molecular weight excluding hydrogens is 282 g/mol. The van der Waals surface area contributed by atoms with Gasteiger partial charge in [-0.2, -0.15) is 0 Å². The van der Waals surface area contributed by atoms with Crippen molar-refractivity contribution >= 4 is 9.84 Å². The van der Waals surface area contributed by atoms with E-state index < -0.39 is 9.84 Å². The first kappa shape index (κ1) is 16.5. The van der Waals surface area contributed by atoms with Crippen LogP contribution in [0.4, 0.5) is 0 Å². The van der Waals surface area contributed by atoms with Gasteiger partial charge in [-0.25, -0.2) is 8.42 Å². The zero-order chi connectivity index (χ0) is 15.6. The zero-order valence-electron chi connectivity index (χ0n) is 13.5. The van der Waals surface area contributed by atoms with Crippen molar-refractivity contribution in [3.05, 3.63) is 29.8 Å². The second kappa shape index (κ2) is 6.49. The van der Waals surface area contributed by atoms with Crippen LogP contribution in [0.25, 0.3) is 0 Å². The number of nitrogens with one attached hydrogen (secondary N) is 1. The summed E-state index contributed by atoms with van der Waals surface area (Å²) in [4.78, 5) is 0.549. The monoisotopic (exact) mass is 309 g/mol. The third-order valence-electron chi connectivity index (χ3n) is 4.18. The molecule has 118 valence electrons. The molecule has 0 radical (unpaired) electrons. The van der Waals surface area contributed by atoms with Gasteiger partial charge in [0.25, 0.3) is 0 Å². The molecule has 0 amide bonds. The van der Waals surface area contributed by atoms with Crippen LogP contribution in [0.15, 0.2) is 29.2 Å². The Morgan fingerprint density at radius 1 is 1.19 bits per heavy atom. The fraction of sp³-hybridized carbons (Fsp3) is 0.647. The fourth-order valence-electron chi connectivity index (χ4n) is 3.26. The summed E-state index contributed by atoms with van der Waals surface area (Å²) in [6.45, 7) is 9.55. The Labute approximate surface area is 129 Å². The van der Waals surface area contributed by atoms with Crippen LogP contribution in [0, 0.1) is 11.8 Å². The summed E-state index contributed by atoms with van der Waals surface area (Å²) >= 11 is 0. The molecule has 2 unspecified atom stereocenters. The Hall–Kier alpha value is -0.870. The van der Waals surface area contributed by atoms with Gasteiger partial charge >= 0.3 is 0 Å². The number of sulfone groups is 1. The lowest BCUT2D eigenvalue weighted by molar-refractivity contribution is 0.336. The summed E-state index contributed by atoms with van der Waals surface area (Å²) in [6.07, 6.45) is 1.05. The molecule has 0 bridgehead atoms. The topological polar surface area (TPSA) is 46.2 Å². The Kier molecular flexibility index (Phi) is 5.10. The predicted octanol–water partition coefficient (Wildman–Crippen LogP) is 3.22.